The molecule has 1 saturated heterocycles. The van der Waals surface area contributed by atoms with Gasteiger partial charge in [0.15, 0.2) is 11.6 Å². The summed E-state index contributed by atoms with van der Waals surface area (Å²) in [7, 11) is 1.89. The molecular weight excluding hydrogens is 384 g/mol. The third kappa shape index (κ3) is 3.85. The van der Waals surface area contributed by atoms with E-state index in [-0.39, 0.29) is 0 Å². The first-order valence-corrected chi connectivity index (χ1v) is 10.5. The molecule has 0 unspecified atom stereocenters. The molecule has 3 heterocycles. The average molecular weight is 411 g/mol. The minimum Gasteiger partial charge on any atom is -0.388 e. The molecule has 0 saturated carbocycles. The van der Waals surface area contributed by atoms with Gasteiger partial charge in [0.05, 0.1) is 29.0 Å². The first-order chi connectivity index (χ1) is 13.9. The van der Waals surface area contributed by atoms with Crippen molar-refractivity contribution in [3.8, 4) is 11.4 Å². The molecule has 29 heavy (non-hydrogen) atoms. The van der Waals surface area contributed by atoms with E-state index in [4.69, 9.17) is 14.7 Å². The Bertz CT molecular complexity index is 1050. The van der Waals surface area contributed by atoms with Gasteiger partial charge in [0, 0.05) is 36.3 Å². The van der Waals surface area contributed by atoms with Gasteiger partial charge in [-0.25, -0.2) is 9.97 Å². The number of ether oxygens (including phenoxy) is 1. The molecule has 2 aromatic heterocycles. The molecule has 1 aliphatic rings. The van der Waals surface area contributed by atoms with Crippen LogP contribution >= 0.6 is 11.3 Å². The Morgan fingerprint density at radius 1 is 1.24 bits per heavy atom. The van der Waals surface area contributed by atoms with Crippen LogP contribution in [0, 0.1) is 0 Å². The van der Waals surface area contributed by atoms with Gasteiger partial charge in [-0.2, -0.15) is 0 Å². The van der Waals surface area contributed by atoms with E-state index in [2.05, 4.69) is 16.8 Å². The van der Waals surface area contributed by atoms with E-state index in [1.807, 2.05) is 37.4 Å². The summed E-state index contributed by atoms with van der Waals surface area (Å²) in [4.78, 5) is 12.9. The minimum absolute atomic E-state index is 0.672. The highest BCUT2D eigenvalue weighted by atomic mass is 32.1. The average Bonchev–Trinajstić information content (AvgIpc) is 3.18. The summed E-state index contributed by atoms with van der Waals surface area (Å²) in [6, 6.07) is 8.06. The molecule has 0 bridgehead atoms. The lowest BCUT2D eigenvalue weighted by atomic mass is 10.1. The number of morpholine rings is 1. The van der Waals surface area contributed by atoms with Crippen molar-refractivity contribution < 1.29 is 9.84 Å². The second kappa shape index (κ2) is 7.74. The van der Waals surface area contributed by atoms with E-state index in [0.29, 0.717) is 19.0 Å². The quantitative estimate of drug-likeness (QED) is 0.660. The number of aliphatic hydroxyl groups is 1. The van der Waals surface area contributed by atoms with Crippen molar-refractivity contribution in [2.24, 2.45) is 0 Å². The molecule has 152 valence electrons. The van der Waals surface area contributed by atoms with Crippen LogP contribution in [0.5, 0.6) is 0 Å². The van der Waals surface area contributed by atoms with Crippen molar-refractivity contribution >= 4 is 39.1 Å². The van der Waals surface area contributed by atoms with E-state index in [9.17, 15) is 5.11 Å². The van der Waals surface area contributed by atoms with Crippen molar-refractivity contribution in [3.63, 3.8) is 0 Å². The second-order valence-electron chi connectivity index (χ2n) is 7.61. The lowest BCUT2D eigenvalue weighted by Gasteiger charge is -2.28. The minimum atomic E-state index is -0.918. The number of aromatic nitrogens is 2. The van der Waals surface area contributed by atoms with E-state index in [1.165, 1.54) is 0 Å². The first-order valence-electron chi connectivity index (χ1n) is 9.72. The second-order valence-corrected chi connectivity index (χ2v) is 8.66. The zero-order chi connectivity index (χ0) is 20.6. The predicted octanol–water partition coefficient (Wildman–Crippen LogP) is 4.11. The number of thiophene rings is 1. The van der Waals surface area contributed by atoms with Crippen LogP contribution in [0.1, 0.15) is 24.3 Å². The van der Waals surface area contributed by atoms with Crippen LogP contribution < -0.4 is 10.2 Å². The summed E-state index contributed by atoms with van der Waals surface area (Å²) in [5, 5.41) is 13.7. The molecule has 0 amide bonds. The number of rotatable bonds is 5. The fourth-order valence-corrected chi connectivity index (χ4v) is 4.54. The van der Waals surface area contributed by atoms with Gasteiger partial charge in [0.2, 0.25) is 0 Å². The fourth-order valence-electron chi connectivity index (χ4n) is 3.42. The zero-order valence-corrected chi connectivity index (χ0v) is 17.8. The van der Waals surface area contributed by atoms with E-state index >= 15 is 0 Å². The molecule has 0 atom stereocenters. The van der Waals surface area contributed by atoms with Gasteiger partial charge in [0.25, 0.3) is 0 Å². The maximum absolute atomic E-state index is 10.5. The summed E-state index contributed by atoms with van der Waals surface area (Å²) >= 11 is 1.56. The molecule has 4 rings (SSSR count). The van der Waals surface area contributed by atoms with Gasteiger partial charge < -0.3 is 20.1 Å². The molecule has 0 aliphatic carbocycles. The molecule has 1 fully saturated rings. The van der Waals surface area contributed by atoms with Crippen molar-refractivity contribution in [2.75, 3.05) is 43.6 Å². The van der Waals surface area contributed by atoms with Crippen LogP contribution in [-0.4, -0.2) is 48.4 Å². The number of anilines is 2. The van der Waals surface area contributed by atoms with E-state index in [0.717, 1.165) is 50.8 Å². The third-order valence-corrected chi connectivity index (χ3v) is 6.50. The molecule has 0 spiro atoms. The Morgan fingerprint density at radius 3 is 2.66 bits per heavy atom. The maximum atomic E-state index is 10.5. The zero-order valence-electron chi connectivity index (χ0n) is 17.0. The third-order valence-electron chi connectivity index (χ3n) is 5.07. The largest absolute Gasteiger partial charge is 0.388 e. The fraction of sp³-hybridized carbons (Fsp3) is 0.364. The van der Waals surface area contributed by atoms with Gasteiger partial charge in [-0.1, -0.05) is 24.8 Å². The van der Waals surface area contributed by atoms with Crippen LogP contribution in [0.2, 0.25) is 0 Å². The highest BCUT2D eigenvalue weighted by Gasteiger charge is 2.24. The standard InChI is InChI=1S/C22H26N4O2S/c1-5-14-6-7-15(12-16(14)23-4)20-24-17-13-18(22(2,3)27)29-19(17)21(25-20)26-8-10-28-11-9-26/h5-7,12-13,23,27H,1,8-11H2,2-4H3. The van der Waals surface area contributed by atoms with Gasteiger partial charge in [0.1, 0.15) is 0 Å². The van der Waals surface area contributed by atoms with Crippen molar-refractivity contribution in [1.29, 1.82) is 0 Å². The molecule has 0 radical (unpaired) electrons. The van der Waals surface area contributed by atoms with Gasteiger partial charge in [-0.05, 0) is 31.5 Å². The Kier molecular flexibility index (Phi) is 5.29. The molecule has 7 heteroatoms. The molecule has 6 nitrogen and oxygen atoms in total. The van der Waals surface area contributed by atoms with Crippen molar-refractivity contribution in [2.45, 2.75) is 19.4 Å². The Morgan fingerprint density at radius 2 is 2.00 bits per heavy atom. The SMILES string of the molecule is C=Cc1ccc(-c2nc(N3CCOCC3)c3sc(C(C)(C)O)cc3n2)cc1NC. The molecule has 2 N–H and O–H groups in total. The summed E-state index contributed by atoms with van der Waals surface area (Å²) in [6.07, 6.45) is 1.83. The van der Waals surface area contributed by atoms with Crippen molar-refractivity contribution in [1.82, 2.24) is 9.97 Å². The summed E-state index contributed by atoms with van der Waals surface area (Å²) in [5.74, 6) is 1.58. The lowest BCUT2D eigenvalue weighted by Crippen LogP contribution is -2.36. The predicted molar refractivity (Wildman–Crippen MR) is 121 cm³/mol. The van der Waals surface area contributed by atoms with Gasteiger partial charge in [-0.15, -0.1) is 11.3 Å². The Hall–Kier alpha value is -2.48. The highest BCUT2D eigenvalue weighted by molar-refractivity contribution is 7.19. The van der Waals surface area contributed by atoms with Gasteiger partial charge >= 0.3 is 0 Å². The first kappa shape index (κ1) is 19.8. The van der Waals surface area contributed by atoms with Crippen molar-refractivity contribution in [3.05, 3.63) is 41.3 Å². The number of benzene rings is 1. The number of fused-ring (bicyclic) bond motifs is 1. The van der Waals surface area contributed by atoms with Crippen LogP contribution in [0.4, 0.5) is 11.5 Å². The molecular formula is C22H26N4O2S. The van der Waals surface area contributed by atoms with Crippen LogP contribution in [0.15, 0.2) is 30.8 Å². The summed E-state index contributed by atoms with van der Waals surface area (Å²) in [5.41, 5.74) is 2.89. The number of hydrogen-bond donors (Lipinski definition) is 2. The van der Waals surface area contributed by atoms with Crippen LogP contribution in [-0.2, 0) is 10.3 Å². The normalized spacial score (nSPS) is 15.0. The lowest BCUT2D eigenvalue weighted by molar-refractivity contribution is 0.0826. The highest BCUT2D eigenvalue weighted by Crippen LogP contribution is 2.38. The Labute approximate surface area is 174 Å². The molecule has 1 aliphatic heterocycles. The number of nitrogens with one attached hydrogen (secondary N) is 1. The smallest absolute Gasteiger partial charge is 0.162 e. The summed E-state index contributed by atoms with van der Waals surface area (Å²) < 4.78 is 6.53. The molecule has 3 aromatic rings. The Balaban J connectivity index is 1.89. The number of hydrogen-bond acceptors (Lipinski definition) is 7. The maximum Gasteiger partial charge on any atom is 0.162 e. The monoisotopic (exact) mass is 410 g/mol. The van der Waals surface area contributed by atoms with E-state index in [1.54, 1.807) is 25.2 Å². The van der Waals surface area contributed by atoms with Crippen LogP contribution in [0.25, 0.3) is 27.7 Å². The molecule has 1 aromatic carbocycles. The van der Waals surface area contributed by atoms with Crippen LogP contribution in [0.3, 0.4) is 0 Å². The van der Waals surface area contributed by atoms with E-state index < -0.39 is 5.60 Å². The summed E-state index contributed by atoms with van der Waals surface area (Å²) in [6.45, 7) is 10.4. The topological polar surface area (TPSA) is 70.5 Å². The number of nitrogens with zero attached hydrogens (tertiary/aromatic N) is 3. The van der Waals surface area contributed by atoms with Gasteiger partial charge in [-0.3, -0.25) is 0 Å².